The van der Waals surface area contributed by atoms with E-state index in [1.807, 2.05) is 12.1 Å². The van der Waals surface area contributed by atoms with Crippen LogP contribution in [0.2, 0.25) is 10.0 Å². The molecule has 78 valence electrons. The summed E-state index contributed by atoms with van der Waals surface area (Å²) in [5.41, 5.74) is 1.25. The van der Waals surface area contributed by atoms with Crippen molar-refractivity contribution < 1.29 is 0 Å². The Labute approximate surface area is 96.2 Å². The highest BCUT2D eigenvalue weighted by Gasteiger charge is 2.14. The fourth-order valence-corrected chi connectivity index (χ4v) is 2.42. The Hall–Kier alpha value is -0.200. The van der Waals surface area contributed by atoms with Crippen LogP contribution in [0.5, 0.6) is 0 Å². The lowest BCUT2D eigenvalue weighted by Crippen LogP contribution is -2.05. The molecular formula is C12H16Cl2. The Morgan fingerprint density at radius 2 is 1.57 bits per heavy atom. The molecule has 0 aromatic heterocycles. The van der Waals surface area contributed by atoms with Gasteiger partial charge in [-0.3, -0.25) is 0 Å². The zero-order valence-corrected chi connectivity index (χ0v) is 10.4. The molecule has 1 aromatic carbocycles. The highest BCUT2D eigenvalue weighted by molar-refractivity contribution is 6.34. The molecule has 0 saturated heterocycles. The fraction of sp³-hybridized carbons (Fsp3) is 0.500. The number of halogens is 2. The normalized spacial score (nSPS) is 13.3. The van der Waals surface area contributed by atoms with E-state index >= 15 is 0 Å². The molecule has 0 radical (unpaired) electrons. The summed E-state index contributed by atoms with van der Waals surface area (Å²) >= 11 is 11.9. The van der Waals surface area contributed by atoms with Crippen LogP contribution in [-0.4, -0.2) is 0 Å². The maximum absolute atomic E-state index is 5.97. The molecule has 0 amide bonds. The first-order valence-corrected chi connectivity index (χ1v) is 5.76. The average Bonchev–Trinajstić information content (AvgIpc) is 2.02. The number of hydrogen-bond acceptors (Lipinski definition) is 0. The molecule has 1 aromatic rings. The predicted octanol–water partition coefficient (Wildman–Crippen LogP) is 5.14. The maximum Gasteiger partial charge on any atom is 0.0423 e. The summed E-state index contributed by atoms with van der Waals surface area (Å²) in [4.78, 5) is 0. The van der Waals surface area contributed by atoms with Gasteiger partial charge in [-0.05, 0) is 42.0 Å². The van der Waals surface area contributed by atoms with Crippen molar-refractivity contribution in [1.29, 1.82) is 0 Å². The Kier molecular flexibility index (Phi) is 4.28. The predicted molar refractivity (Wildman–Crippen MR) is 64.3 cm³/mol. The van der Waals surface area contributed by atoms with E-state index in [1.165, 1.54) is 5.56 Å². The molecule has 0 saturated carbocycles. The van der Waals surface area contributed by atoms with Gasteiger partial charge < -0.3 is 0 Å². The highest BCUT2D eigenvalue weighted by atomic mass is 35.5. The third-order valence-corrected chi connectivity index (χ3v) is 2.99. The van der Waals surface area contributed by atoms with E-state index in [4.69, 9.17) is 23.2 Å². The lowest BCUT2D eigenvalue weighted by atomic mass is 9.86. The van der Waals surface area contributed by atoms with Crippen molar-refractivity contribution in [3.05, 3.63) is 33.8 Å². The molecule has 0 fully saturated rings. The van der Waals surface area contributed by atoms with Crippen LogP contribution < -0.4 is 0 Å². The van der Waals surface area contributed by atoms with Gasteiger partial charge in [-0.2, -0.15) is 0 Å². The quantitative estimate of drug-likeness (QED) is 0.675. The molecule has 0 spiro atoms. The summed E-state index contributed by atoms with van der Waals surface area (Å²) in [6.45, 7) is 6.64. The topological polar surface area (TPSA) is 0 Å². The second-order valence-electron chi connectivity index (χ2n) is 3.96. The SMILES string of the molecule is CC[C@H](c1cc(Cl)cc(Cl)c1)C(C)C. The molecule has 0 heterocycles. The van der Waals surface area contributed by atoms with Gasteiger partial charge in [0.15, 0.2) is 0 Å². The smallest absolute Gasteiger partial charge is 0.0423 e. The number of rotatable bonds is 3. The van der Waals surface area contributed by atoms with Gasteiger partial charge in [0.1, 0.15) is 0 Å². The molecule has 2 heteroatoms. The zero-order valence-electron chi connectivity index (χ0n) is 8.85. The first kappa shape index (κ1) is 11.9. The summed E-state index contributed by atoms with van der Waals surface area (Å²) in [5, 5.41) is 1.46. The standard InChI is InChI=1S/C12H16Cl2/c1-4-12(8(2)3)9-5-10(13)7-11(14)6-9/h5-8,12H,4H2,1-3H3/t12-/m0/s1. The average molecular weight is 231 g/mol. The minimum Gasteiger partial charge on any atom is -0.0843 e. The van der Waals surface area contributed by atoms with Gasteiger partial charge in [-0.25, -0.2) is 0 Å². The van der Waals surface area contributed by atoms with Crippen molar-refractivity contribution >= 4 is 23.2 Å². The summed E-state index contributed by atoms with van der Waals surface area (Å²) in [6, 6.07) is 5.81. The van der Waals surface area contributed by atoms with Gasteiger partial charge in [-0.1, -0.05) is 44.0 Å². The van der Waals surface area contributed by atoms with Crippen LogP contribution in [0.3, 0.4) is 0 Å². The molecule has 0 nitrogen and oxygen atoms in total. The Balaban J connectivity index is 3.04. The molecule has 1 rings (SSSR count). The fourth-order valence-electron chi connectivity index (χ4n) is 1.88. The van der Waals surface area contributed by atoms with E-state index < -0.39 is 0 Å². The lowest BCUT2D eigenvalue weighted by Gasteiger charge is -2.19. The second-order valence-corrected chi connectivity index (χ2v) is 4.83. The van der Waals surface area contributed by atoms with Crippen LogP contribution in [0.4, 0.5) is 0 Å². The van der Waals surface area contributed by atoms with Gasteiger partial charge in [0.05, 0.1) is 0 Å². The van der Waals surface area contributed by atoms with Gasteiger partial charge in [0.25, 0.3) is 0 Å². The van der Waals surface area contributed by atoms with Crippen molar-refractivity contribution in [3.63, 3.8) is 0 Å². The van der Waals surface area contributed by atoms with Crippen LogP contribution >= 0.6 is 23.2 Å². The minimum absolute atomic E-state index is 0.547. The van der Waals surface area contributed by atoms with Crippen molar-refractivity contribution in [2.75, 3.05) is 0 Å². The second kappa shape index (κ2) is 5.04. The van der Waals surface area contributed by atoms with Gasteiger partial charge in [0.2, 0.25) is 0 Å². The minimum atomic E-state index is 0.547. The van der Waals surface area contributed by atoms with E-state index in [-0.39, 0.29) is 0 Å². The summed E-state index contributed by atoms with van der Waals surface area (Å²) in [7, 11) is 0. The van der Waals surface area contributed by atoms with E-state index in [0.29, 0.717) is 11.8 Å². The van der Waals surface area contributed by atoms with Crippen molar-refractivity contribution in [2.45, 2.75) is 33.1 Å². The molecule has 0 aliphatic carbocycles. The maximum atomic E-state index is 5.97. The molecule has 0 aliphatic heterocycles. The first-order valence-electron chi connectivity index (χ1n) is 5.00. The summed E-state index contributed by atoms with van der Waals surface area (Å²) in [5.74, 6) is 1.17. The van der Waals surface area contributed by atoms with E-state index in [0.717, 1.165) is 16.5 Å². The van der Waals surface area contributed by atoms with E-state index in [2.05, 4.69) is 20.8 Å². The van der Waals surface area contributed by atoms with Crippen LogP contribution in [-0.2, 0) is 0 Å². The van der Waals surface area contributed by atoms with Crippen molar-refractivity contribution in [2.24, 2.45) is 5.92 Å². The summed E-state index contributed by atoms with van der Waals surface area (Å²) in [6.07, 6.45) is 1.12. The third kappa shape index (κ3) is 2.90. The monoisotopic (exact) mass is 230 g/mol. The molecule has 14 heavy (non-hydrogen) atoms. The lowest BCUT2D eigenvalue weighted by molar-refractivity contribution is 0.485. The molecule has 0 aliphatic rings. The highest BCUT2D eigenvalue weighted by Crippen LogP contribution is 2.31. The van der Waals surface area contributed by atoms with Gasteiger partial charge in [0, 0.05) is 10.0 Å². The number of hydrogen-bond donors (Lipinski definition) is 0. The Morgan fingerprint density at radius 1 is 1.07 bits per heavy atom. The van der Waals surface area contributed by atoms with E-state index in [9.17, 15) is 0 Å². The Morgan fingerprint density at radius 3 is 1.93 bits per heavy atom. The largest absolute Gasteiger partial charge is 0.0843 e. The van der Waals surface area contributed by atoms with Crippen molar-refractivity contribution in [3.8, 4) is 0 Å². The van der Waals surface area contributed by atoms with Crippen molar-refractivity contribution in [1.82, 2.24) is 0 Å². The van der Waals surface area contributed by atoms with Crippen LogP contribution in [0.25, 0.3) is 0 Å². The molecule has 1 atom stereocenters. The molecule has 0 bridgehead atoms. The zero-order chi connectivity index (χ0) is 10.7. The Bertz CT molecular complexity index is 285. The van der Waals surface area contributed by atoms with E-state index in [1.54, 1.807) is 6.07 Å². The number of benzene rings is 1. The van der Waals surface area contributed by atoms with Gasteiger partial charge in [-0.15, -0.1) is 0 Å². The molecule has 0 N–H and O–H groups in total. The summed E-state index contributed by atoms with van der Waals surface area (Å²) < 4.78 is 0. The third-order valence-electron chi connectivity index (χ3n) is 2.56. The molecule has 0 unspecified atom stereocenters. The first-order chi connectivity index (χ1) is 6.54. The molecular weight excluding hydrogens is 215 g/mol. The van der Waals surface area contributed by atoms with Crippen LogP contribution in [0.1, 0.15) is 38.7 Å². The van der Waals surface area contributed by atoms with Crippen LogP contribution in [0, 0.1) is 5.92 Å². The van der Waals surface area contributed by atoms with Crippen LogP contribution in [0.15, 0.2) is 18.2 Å². The van der Waals surface area contributed by atoms with Gasteiger partial charge >= 0.3 is 0 Å².